The van der Waals surface area contributed by atoms with Crippen LogP contribution in [0.4, 0.5) is 20.2 Å². The monoisotopic (exact) mass is 449 g/mol. The number of rotatable bonds is 6. The van der Waals surface area contributed by atoms with Crippen LogP contribution in [0, 0.1) is 5.92 Å². The molecular formula is C21H21F2N3O4S. The summed E-state index contributed by atoms with van der Waals surface area (Å²) in [6.45, 7) is 2.87. The van der Waals surface area contributed by atoms with Crippen LogP contribution in [-0.4, -0.2) is 32.2 Å². The van der Waals surface area contributed by atoms with Gasteiger partial charge in [-0.1, -0.05) is 19.1 Å². The average molecular weight is 449 g/mol. The summed E-state index contributed by atoms with van der Waals surface area (Å²) >= 11 is 0. The second-order valence-electron chi connectivity index (χ2n) is 7.22. The van der Waals surface area contributed by atoms with Gasteiger partial charge in [-0.25, -0.2) is 17.2 Å². The molecule has 0 saturated carbocycles. The zero-order valence-electron chi connectivity index (χ0n) is 17.1. The van der Waals surface area contributed by atoms with Crippen LogP contribution in [0.1, 0.15) is 25.8 Å². The Morgan fingerprint density at radius 1 is 1.19 bits per heavy atom. The SMILES string of the molecule is CCC(F)(F)c1cccc(NC(=O)C2C(=O)N(c3ccc(S(C)(=O)=O)cc3)N=C2C)c1. The Labute approximate surface area is 178 Å². The third-order valence-corrected chi connectivity index (χ3v) is 6.03. The molecule has 7 nitrogen and oxygen atoms in total. The van der Waals surface area contributed by atoms with E-state index in [4.69, 9.17) is 0 Å². The summed E-state index contributed by atoms with van der Waals surface area (Å²) in [6.07, 6.45) is 0.682. The molecule has 2 aromatic carbocycles. The number of halogens is 2. The summed E-state index contributed by atoms with van der Waals surface area (Å²) in [5.41, 5.74) is 0.442. The van der Waals surface area contributed by atoms with Crippen molar-refractivity contribution in [1.29, 1.82) is 0 Å². The Hall–Kier alpha value is -3.14. The molecule has 2 aromatic rings. The maximum Gasteiger partial charge on any atom is 0.273 e. The third kappa shape index (κ3) is 4.63. The van der Waals surface area contributed by atoms with E-state index in [1.165, 1.54) is 62.4 Å². The largest absolute Gasteiger partial charge is 0.325 e. The molecule has 0 aliphatic carbocycles. The van der Waals surface area contributed by atoms with E-state index >= 15 is 0 Å². The van der Waals surface area contributed by atoms with Crippen molar-refractivity contribution in [2.45, 2.75) is 31.1 Å². The molecule has 1 aliphatic heterocycles. The lowest BCUT2D eigenvalue weighted by Crippen LogP contribution is -2.36. The van der Waals surface area contributed by atoms with Crippen molar-refractivity contribution < 1.29 is 26.8 Å². The van der Waals surface area contributed by atoms with Crippen LogP contribution in [0.3, 0.4) is 0 Å². The normalized spacial score (nSPS) is 16.9. The number of benzene rings is 2. The van der Waals surface area contributed by atoms with E-state index in [-0.39, 0.29) is 28.3 Å². The number of anilines is 2. The lowest BCUT2D eigenvalue weighted by Gasteiger charge is -2.17. The van der Waals surface area contributed by atoms with Crippen molar-refractivity contribution in [1.82, 2.24) is 0 Å². The summed E-state index contributed by atoms with van der Waals surface area (Å²) in [6, 6.07) is 10.8. The van der Waals surface area contributed by atoms with Gasteiger partial charge in [-0.15, -0.1) is 0 Å². The van der Waals surface area contributed by atoms with Crippen LogP contribution in [0.2, 0.25) is 0 Å². The molecule has 31 heavy (non-hydrogen) atoms. The molecule has 0 radical (unpaired) electrons. The van der Waals surface area contributed by atoms with Gasteiger partial charge in [0, 0.05) is 23.9 Å². The van der Waals surface area contributed by atoms with Gasteiger partial charge in [-0.05, 0) is 43.3 Å². The molecule has 10 heteroatoms. The average Bonchev–Trinajstić information content (AvgIpc) is 3.01. The molecule has 2 amide bonds. The van der Waals surface area contributed by atoms with E-state index in [1.807, 2.05) is 0 Å². The first-order valence-electron chi connectivity index (χ1n) is 9.42. The number of sulfone groups is 1. The lowest BCUT2D eigenvalue weighted by molar-refractivity contribution is -0.127. The summed E-state index contributed by atoms with van der Waals surface area (Å²) in [7, 11) is -3.40. The van der Waals surface area contributed by atoms with Crippen molar-refractivity contribution in [3.63, 3.8) is 0 Å². The second kappa shape index (κ2) is 8.18. The Morgan fingerprint density at radius 2 is 1.84 bits per heavy atom. The first-order chi connectivity index (χ1) is 14.4. The minimum atomic E-state index is -3.40. The number of hydrogen-bond acceptors (Lipinski definition) is 5. The molecule has 1 N–H and O–H groups in total. The summed E-state index contributed by atoms with van der Waals surface area (Å²) in [4.78, 5) is 25.6. The number of hydrazone groups is 1. The van der Waals surface area contributed by atoms with Crippen molar-refractivity contribution in [2.75, 3.05) is 16.6 Å². The number of carbonyl (C=O) groups is 2. The Morgan fingerprint density at radius 3 is 2.42 bits per heavy atom. The van der Waals surface area contributed by atoms with Gasteiger partial charge < -0.3 is 5.32 Å². The number of nitrogens with zero attached hydrogens (tertiary/aromatic N) is 2. The molecule has 1 atom stereocenters. The third-order valence-electron chi connectivity index (χ3n) is 4.90. The van der Waals surface area contributed by atoms with Crippen LogP contribution < -0.4 is 10.3 Å². The van der Waals surface area contributed by atoms with Crippen LogP contribution >= 0.6 is 0 Å². The zero-order valence-corrected chi connectivity index (χ0v) is 17.9. The van der Waals surface area contributed by atoms with E-state index in [1.54, 1.807) is 0 Å². The van der Waals surface area contributed by atoms with E-state index < -0.39 is 33.5 Å². The minimum absolute atomic E-state index is 0.0849. The fourth-order valence-corrected chi connectivity index (χ4v) is 3.76. The van der Waals surface area contributed by atoms with Crippen molar-refractivity contribution in [2.24, 2.45) is 11.0 Å². The van der Waals surface area contributed by atoms with E-state index in [0.29, 0.717) is 5.69 Å². The van der Waals surface area contributed by atoms with Gasteiger partial charge >= 0.3 is 0 Å². The number of nitrogens with one attached hydrogen (secondary N) is 1. The van der Waals surface area contributed by atoms with Crippen LogP contribution in [-0.2, 0) is 25.3 Å². The first kappa shape index (κ1) is 22.5. The van der Waals surface area contributed by atoms with Crippen LogP contribution in [0.15, 0.2) is 58.5 Å². The Bertz CT molecular complexity index is 1160. The maximum absolute atomic E-state index is 13.9. The first-order valence-corrected chi connectivity index (χ1v) is 11.3. The molecule has 1 heterocycles. The maximum atomic E-state index is 13.9. The molecule has 0 bridgehead atoms. The predicted molar refractivity (Wildman–Crippen MR) is 113 cm³/mol. The quantitative estimate of drug-likeness (QED) is 0.682. The summed E-state index contributed by atoms with van der Waals surface area (Å²) in [5, 5.41) is 7.64. The number of amides is 2. The topological polar surface area (TPSA) is 95.9 Å². The lowest BCUT2D eigenvalue weighted by atomic mass is 10.0. The van der Waals surface area contributed by atoms with Crippen LogP contribution in [0.25, 0.3) is 0 Å². The molecule has 0 spiro atoms. The van der Waals surface area contributed by atoms with Gasteiger partial charge in [0.05, 0.1) is 16.3 Å². The highest BCUT2D eigenvalue weighted by Crippen LogP contribution is 2.33. The van der Waals surface area contributed by atoms with E-state index in [2.05, 4.69) is 10.4 Å². The van der Waals surface area contributed by atoms with Gasteiger partial charge in [0.25, 0.3) is 11.8 Å². The Balaban J connectivity index is 1.79. The van der Waals surface area contributed by atoms with Gasteiger partial charge in [0.15, 0.2) is 15.8 Å². The molecule has 0 fully saturated rings. The molecular weight excluding hydrogens is 428 g/mol. The smallest absolute Gasteiger partial charge is 0.273 e. The standard InChI is InChI=1S/C21H21F2N3O4S/c1-4-21(22,23)14-6-5-7-15(12-14)24-19(27)18-13(2)25-26(20(18)28)16-8-10-17(11-9-16)31(3,29)30/h5-12,18H,4H2,1-3H3,(H,24,27). The number of alkyl halides is 2. The van der Waals surface area contributed by atoms with Crippen LogP contribution in [0.5, 0.6) is 0 Å². The highest BCUT2D eigenvalue weighted by Gasteiger charge is 2.40. The molecule has 3 rings (SSSR count). The fourth-order valence-electron chi connectivity index (χ4n) is 3.13. The molecule has 164 valence electrons. The highest BCUT2D eigenvalue weighted by molar-refractivity contribution is 7.90. The minimum Gasteiger partial charge on any atom is -0.325 e. The second-order valence-corrected chi connectivity index (χ2v) is 9.23. The van der Waals surface area contributed by atoms with Crippen molar-refractivity contribution in [3.05, 3.63) is 54.1 Å². The van der Waals surface area contributed by atoms with Crippen molar-refractivity contribution >= 4 is 38.7 Å². The predicted octanol–water partition coefficient (Wildman–Crippen LogP) is 3.57. The summed E-state index contributed by atoms with van der Waals surface area (Å²) in [5.74, 6) is -5.59. The number of carbonyl (C=O) groups excluding carboxylic acids is 2. The van der Waals surface area contributed by atoms with Gasteiger partial charge in [-0.3, -0.25) is 9.59 Å². The van der Waals surface area contributed by atoms with E-state index in [9.17, 15) is 26.8 Å². The molecule has 1 unspecified atom stereocenters. The number of hydrogen-bond donors (Lipinski definition) is 1. The molecule has 1 aliphatic rings. The Kier molecular flexibility index (Phi) is 5.95. The van der Waals surface area contributed by atoms with E-state index in [0.717, 1.165) is 11.3 Å². The summed E-state index contributed by atoms with van der Waals surface area (Å²) < 4.78 is 51.1. The molecule has 0 aromatic heterocycles. The van der Waals surface area contributed by atoms with Gasteiger partial charge in [0.2, 0.25) is 5.91 Å². The highest BCUT2D eigenvalue weighted by atomic mass is 32.2. The van der Waals surface area contributed by atoms with Gasteiger partial charge in [0.1, 0.15) is 0 Å². The molecule has 0 saturated heterocycles. The zero-order chi connectivity index (χ0) is 23.0. The van der Waals surface area contributed by atoms with Gasteiger partial charge in [-0.2, -0.15) is 10.1 Å². The van der Waals surface area contributed by atoms with Crippen molar-refractivity contribution in [3.8, 4) is 0 Å². The fraction of sp³-hybridized carbons (Fsp3) is 0.286.